The van der Waals surface area contributed by atoms with E-state index in [1.54, 1.807) is 4.90 Å². The zero-order valence-corrected chi connectivity index (χ0v) is 18.4. The van der Waals surface area contributed by atoms with Crippen LogP contribution in [0.5, 0.6) is 5.75 Å². The van der Waals surface area contributed by atoms with Crippen LogP contribution in [0.15, 0.2) is 42.5 Å². The minimum Gasteiger partial charge on any atom is -0.490 e. The molecule has 0 radical (unpaired) electrons. The minimum absolute atomic E-state index is 0.150. The summed E-state index contributed by atoms with van der Waals surface area (Å²) >= 11 is 0. The average molecular weight is 449 g/mol. The molecule has 3 N–H and O–H groups in total. The fourth-order valence-electron chi connectivity index (χ4n) is 4.70. The molecule has 3 heterocycles. The molecule has 3 aliphatic rings. The number of imide groups is 1. The van der Waals surface area contributed by atoms with Gasteiger partial charge in [0.15, 0.2) is 0 Å². The lowest BCUT2D eigenvalue weighted by atomic mass is 10.0. The van der Waals surface area contributed by atoms with Gasteiger partial charge in [-0.1, -0.05) is 12.1 Å². The Hall–Kier alpha value is -3.39. The monoisotopic (exact) mass is 448 g/mol. The summed E-state index contributed by atoms with van der Waals surface area (Å²) in [6, 6.07) is 13.2. The Bertz CT molecular complexity index is 1060. The van der Waals surface area contributed by atoms with E-state index in [0.29, 0.717) is 25.1 Å². The van der Waals surface area contributed by atoms with Gasteiger partial charge in [-0.05, 0) is 73.8 Å². The van der Waals surface area contributed by atoms with Crippen LogP contribution in [0, 0.1) is 0 Å². The van der Waals surface area contributed by atoms with Crippen LogP contribution in [0.4, 0.5) is 5.69 Å². The zero-order chi connectivity index (χ0) is 22.8. The van der Waals surface area contributed by atoms with Crippen LogP contribution in [0.2, 0.25) is 0 Å². The second-order valence-corrected chi connectivity index (χ2v) is 8.84. The maximum atomic E-state index is 12.8. The van der Waals surface area contributed by atoms with Crippen molar-refractivity contribution in [2.24, 2.45) is 0 Å². The SMILES string of the molecule is O=C1CCC(N2Cc3cc(CNc4ccc(OC5CCNCC5)cc4)ccc3C2=O)C(=O)N1. The van der Waals surface area contributed by atoms with Crippen molar-refractivity contribution in [3.63, 3.8) is 0 Å². The number of nitrogens with zero attached hydrogens (tertiary/aromatic N) is 1. The van der Waals surface area contributed by atoms with Gasteiger partial charge in [0.25, 0.3) is 5.91 Å². The molecule has 0 bridgehead atoms. The van der Waals surface area contributed by atoms with E-state index in [1.807, 2.05) is 42.5 Å². The largest absolute Gasteiger partial charge is 0.490 e. The second-order valence-electron chi connectivity index (χ2n) is 8.84. The summed E-state index contributed by atoms with van der Waals surface area (Å²) in [6.45, 7) is 3.01. The standard InChI is InChI=1S/C25H28N4O4/c30-23-8-7-22(24(31)28-23)29-15-17-13-16(1-6-21(17)25(29)32)14-27-18-2-4-19(5-3-18)33-20-9-11-26-12-10-20/h1-6,13,20,22,26-27H,7-12,14-15H2,(H,28,30,31). The Morgan fingerprint density at radius 1 is 1.00 bits per heavy atom. The van der Waals surface area contributed by atoms with Crippen molar-refractivity contribution in [2.75, 3.05) is 18.4 Å². The van der Waals surface area contributed by atoms with Crippen LogP contribution >= 0.6 is 0 Å². The maximum Gasteiger partial charge on any atom is 0.255 e. The lowest BCUT2D eigenvalue weighted by molar-refractivity contribution is -0.136. The van der Waals surface area contributed by atoms with Crippen molar-refractivity contribution < 1.29 is 19.1 Å². The highest BCUT2D eigenvalue weighted by Gasteiger charge is 2.39. The topological polar surface area (TPSA) is 99.8 Å². The molecule has 172 valence electrons. The highest BCUT2D eigenvalue weighted by atomic mass is 16.5. The minimum atomic E-state index is -0.588. The van der Waals surface area contributed by atoms with Crippen molar-refractivity contribution >= 4 is 23.4 Å². The first-order valence-electron chi connectivity index (χ1n) is 11.5. The molecule has 1 atom stereocenters. The summed E-state index contributed by atoms with van der Waals surface area (Å²) in [5, 5.41) is 9.09. The lowest BCUT2D eigenvalue weighted by Gasteiger charge is -2.29. The fourth-order valence-corrected chi connectivity index (χ4v) is 4.70. The highest BCUT2D eigenvalue weighted by molar-refractivity contribution is 6.05. The van der Waals surface area contributed by atoms with Crippen molar-refractivity contribution in [1.29, 1.82) is 0 Å². The fraction of sp³-hybridized carbons (Fsp3) is 0.400. The van der Waals surface area contributed by atoms with E-state index in [4.69, 9.17) is 4.74 Å². The number of nitrogens with one attached hydrogen (secondary N) is 3. The van der Waals surface area contributed by atoms with Gasteiger partial charge in [0.1, 0.15) is 17.9 Å². The number of carbonyl (C=O) groups excluding carboxylic acids is 3. The normalized spacial score (nSPS) is 21.0. The van der Waals surface area contributed by atoms with Gasteiger partial charge in [0, 0.05) is 30.8 Å². The number of fused-ring (bicyclic) bond motifs is 1. The van der Waals surface area contributed by atoms with Gasteiger partial charge in [0.2, 0.25) is 11.8 Å². The molecule has 3 aliphatic heterocycles. The van der Waals surface area contributed by atoms with E-state index < -0.39 is 6.04 Å². The number of amides is 3. The zero-order valence-electron chi connectivity index (χ0n) is 18.4. The van der Waals surface area contributed by atoms with Crippen LogP contribution < -0.4 is 20.7 Å². The third-order valence-corrected chi connectivity index (χ3v) is 6.53. The predicted octanol–water partition coefficient (Wildman–Crippen LogP) is 2.19. The Labute approximate surface area is 192 Å². The maximum absolute atomic E-state index is 12.8. The number of carbonyl (C=O) groups is 3. The first-order valence-corrected chi connectivity index (χ1v) is 11.5. The Morgan fingerprint density at radius 3 is 2.55 bits per heavy atom. The molecule has 3 amide bonds. The molecule has 2 fully saturated rings. The van der Waals surface area contributed by atoms with Gasteiger partial charge in [-0.2, -0.15) is 0 Å². The third-order valence-electron chi connectivity index (χ3n) is 6.53. The van der Waals surface area contributed by atoms with Gasteiger partial charge in [-0.3, -0.25) is 19.7 Å². The summed E-state index contributed by atoms with van der Waals surface area (Å²) < 4.78 is 6.06. The number of piperidine rings is 2. The van der Waals surface area contributed by atoms with Crippen LogP contribution in [0.25, 0.3) is 0 Å². The van der Waals surface area contributed by atoms with E-state index in [-0.39, 0.29) is 30.2 Å². The highest BCUT2D eigenvalue weighted by Crippen LogP contribution is 2.28. The molecule has 2 aromatic rings. The van der Waals surface area contributed by atoms with Gasteiger partial charge in [-0.15, -0.1) is 0 Å². The molecule has 2 saturated heterocycles. The van der Waals surface area contributed by atoms with E-state index in [9.17, 15) is 14.4 Å². The molecule has 0 aliphatic carbocycles. The molecular formula is C25H28N4O4. The first kappa shape index (κ1) is 21.5. The van der Waals surface area contributed by atoms with Crippen LogP contribution in [0.3, 0.4) is 0 Å². The number of anilines is 1. The summed E-state index contributed by atoms with van der Waals surface area (Å²) in [7, 11) is 0. The van der Waals surface area contributed by atoms with E-state index in [1.165, 1.54) is 0 Å². The quantitative estimate of drug-likeness (QED) is 0.586. The molecule has 0 spiro atoms. The number of hydrogen-bond acceptors (Lipinski definition) is 6. The smallest absolute Gasteiger partial charge is 0.255 e. The van der Waals surface area contributed by atoms with Crippen LogP contribution in [0.1, 0.15) is 47.2 Å². The van der Waals surface area contributed by atoms with Gasteiger partial charge in [0.05, 0.1) is 0 Å². The van der Waals surface area contributed by atoms with Crippen molar-refractivity contribution in [3.05, 3.63) is 59.2 Å². The predicted molar refractivity (Wildman–Crippen MR) is 123 cm³/mol. The molecule has 0 saturated carbocycles. The average Bonchev–Trinajstić information content (AvgIpc) is 3.15. The third kappa shape index (κ3) is 4.71. The van der Waals surface area contributed by atoms with Gasteiger partial charge < -0.3 is 20.3 Å². The molecular weight excluding hydrogens is 420 g/mol. The first-order chi connectivity index (χ1) is 16.1. The number of benzene rings is 2. The summed E-state index contributed by atoms with van der Waals surface area (Å²) in [4.78, 5) is 38.0. The summed E-state index contributed by atoms with van der Waals surface area (Å²) in [6.07, 6.45) is 2.96. The van der Waals surface area contributed by atoms with E-state index in [0.717, 1.165) is 48.5 Å². The Balaban J connectivity index is 1.18. The molecule has 8 heteroatoms. The van der Waals surface area contributed by atoms with E-state index >= 15 is 0 Å². The lowest BCUT2D eigenvalue weighted by Crippen LogP contribution is -2.52. The second kappa shape index (κ2) is 9.23. The Kier molecular flexibility index (Phi) is 6.00. The molecule has 0 aromatic heterocycles. The summed E-state index contributed by atoms with van der Waals surface area (Å²) in [5.74, 6) is 0.0712. The Morgan fingerprint density at radius 2 is 1.79 bits per heavy atom. The molecule has 33 heavy (non-hydrogen) atoms. The van der Waals surface area contributed by atoms with Crippen molar-refractivity contribution in [1.82, 2.24) is 15.5 Å². The number of hydrogen-bond donors (Lipinski definition) is 3. The molecule has 1 unspecified atom stereocenters. The molecule has 8 nitrogen and oxygen atoms in total. The van der Waals surface area contributed by atoms with Gasteiger partial charge in [-0.25, -0.2) is 0 Å². The van der Waals surface area contributed by atoms with Gasteiger partial charge >= 0.3 is 0 Å². The summed E-state index contributed by atoms with van der Waals surface area (Å²) in [5.41, 5.74) is 3.59. The van der Waals surface area contributed by atoms with Crippen LogP contribution in [-0.2, 0) is 22.7 Å². The van der Waals surface area contributed by atoms with Crippen molar-refractivity contribution in [2.45, 2.75) is 50.9 Å². The molecule has 2 aromatic carbocycles. The van der Waals surface area contributed by atoms with E-state index in [2.05, 4.69) is 16.0 Å². The molecule has 5 rings (SSSR count). The number of rotatable bonds is 6. The van der Waals surface area contributed by atoms with Crippen LogP contribution in [-0.4, -0.2) is 47.9 Å². The number of ether oxygens (including phenoxy) is 1. The van der Waals surface area contributed by atoms with Crippen molar-refractivity contribution in [3.8, 4) is 5.75 Å².